The molecule has 1 aliphatic rings. The van der Waals surface area contributed by atoms with Crippen LogP contribution in [0.2, 0.25) is 5.15 Å². The van der Waals surface area contributed by atoms with Gasteiger partial charge in [0.2, 0.25) is 0 Å². The minimum absolute atomic E-state index is 0.360. The smallest absolute Gasteiger partial charge is 0.149 e. The summed E-state index contributed by atoms with van der Waals surface area (Å²) in [5.41, 5.74) is -0.623. The molecule has 1 aliphatic carbocycles. The van der Waals surface area contributed by atoms with E-state index in [-0.39, 0.29) is 0 Å². The van der Waals surface area contributed by atoms with Crippen molar-refractivity contribution in [2.24, 2.45) is 5.92 Å². The number of aliphatic hydroxyl groups is 1. The van der Waals surface area contributed by atoms with E-state index in [9.17, 15) is 5.11 Å². The number of hydrogen-bond donors (Lipinski definition) is 2. The molecule has 1 aromatic heterocycles. The lowest BCUT2D eigenvalue weighted by molar-refractivity contribution is -0.000830. The van der Waals surface area contributed by atoms with Crippen molar-refractivity contribution in [2.45, 2.75) is 38.2 Å². The molecule has 0 bridgehead atoms. The van der Waals surface area contributed by atoms with Crippen molar-refractivity contribution in [3.8, 4) is 0 Å². The normalized spacial score (nSPS) is 29.0. The van der Waals surface area contributed by atoms with E-state index in [1.165, 1.54) is 12.6 Å². The number of aromatic nitrogens is 2. The van der Waals surface area contributed by atoms with E-state index in [0.29, 0.717) is 23.4 Å². The second kappa shape index (κ2) is 5.19. The largest absolute Gasteiger partial charge is 0.388 e. The van der Waals surface area contributed by atoms with Crippen LogP contribution in [0.5, 0.6) is 0 Å². The molecule has 1 aromatic rings. The van der Waals surface area contributed by atoms with Crippen LogP contribution in [-0.2, 0) is 0 Å². The van der Waals surface area contributed by atoms with Gasteiger partial charge in [0.1, 0.15) is 11.0 Å². The summed E-state index contributed by atoms with van der Waals surface area (Å²) in [4.78, 5) is 8.04. The topological polar surface area (TPSA) is 58.0 Å². The Hall–Kier alpha value is -0.870. The number of halogens is 1. The number of anilines is 1. The van der Waals surface area contributed by atoms with E-state index in [4.69, 9.17) is 11.6 Å². The van der Waals surface area contributed by atoms with Crippen molar-refractivity contribution >= 4 is 17.4 Å². The first-order valence-corrected chi connectivity index (χ1v) is 6.39. The first-order valence-electron chi connectivity index (χ1n) is 6.01. The van der Waals surface area contributed by atoms with E-state index < -0.39 is 5.60 Å². The van der Waals surface area contributed by atoms with E-state index >= 15 is 0 Å². The lowest BCUT2D eigenvalue weighted by Gasteiger charge is -2.35. The number of nitrogens with zero attached hydrogens (tertiary/aromatic N) is 2. The molecule has 2 atom stereocenters. The molecule has 0 saturated heterocycles. The average Bonchev–Trinajstić information content (AvgIpc) is 2.26. The molecule has 17 heavy (non-hydrogen) atoms. The van der Waals surface area contributed by atoms with Crippen LogP contribution in [0.3, 0.4) is 0 Å². The lowest BCUT2D eigenvalue weighted by atomic mass is 9.79. The van der Waals surface area contributed by atoms with Crippen LogP contribution in [0.4, 0.5) is 5.82 Å². The number of rotatable bonds is 3. The molecule has 2 unspecified atom stereocenters. The van der Waals surface area contributed by atoms with Crippen LogP contribution in [0, 0.1) is 5.92 Å². The Morgan fingerprint density at radius 2 is 2.41 bits per heavy atom. The Bertz CT molecular complexity index is 388. The van der Waals surface area contributed by atoms with Crippen molar-refractivity contribution in [3.63, 3.8) is 0 Å². The summed E-state index contributed by atoms with van der Waals surface area (Å²) >= 11 is 5.75. The van der Waals surface area contributed by atoms with E-state index in [0.717, 1.165) is 19.3 Å². The molecule has 1 fully saturated rings. The fourth-order valence-electron chi connectivity index (χ4n) is 2.48. The Labute approximate surface area is 106 Å². The van der Waals surface area contributed by atoms with Crippen molar-refractivity contribution < 1.29 is 5.11 Å². The quantitative estimate of drug-likeness (QED) is 0.871. The van der Waals surface area contributed by atoms with Gasteiger partial charge in [0, 0.05) is 6.54 Å². The molecule has 1 saturated carbocycles. The average molecular weight is 256 g/mol. The predicted molar refractivity (Wildman–Crippen MR) is 68.1 cm³/mol. The summed E-state index contributed by atoms with van der Waals surface area (Å²) in [5, 5.41) is 13.9. The third-order valence-corrected chi connectivity index (χ3v) is 3.45. The highest BCUT2D eigenvalue weighted by Crippen LogP contribution is 2.32. The molecule has 2 rings (SSSR count). The van der Waals surface area contributed by atoms with Gasteiger partial charge in [0.05, 0.1) is 18.0 Å². The molecule has 0 aromatic carbocycles. The minimum Gasteiger partial charge on any atom is -0.388 e. The van der Waals surface area contributed by atoms with Gasteiger partial charge in [-0.15, -0.1) is 0 Å². The SMILES string of the molecule is CC1CCCC(O)(CNc2cncc(Cl)n2)C1. The molecule has 0 spiro atoms. The maximum Gasteiger partial charge on any atom is 0.149 e. The van der Waals surface area contributed by atoms with Crippen LogP contribution in [-0.4, -0.2) is 27.2 Å². The first kappa shape index (κ1) is 12.6. The van der Waals surface area contributed by atoms with Gasteiger partial charge in [-0.2, -0.15) is 0 Å². The van der Waals surface area contributed by atoms with Gasteiger partial charge in [0.25, 0.3) is 0 Å². The molecular formula is C12H18ClN3O. The summed E-state index contributed by atoms with van der Waals surface area (Å²) in [6.45, 7) is 2.69. The Kier molecular flexibility index (Phi) is 3.84. The second-order valence-corrected chi connectivity index (χ2v) is 5.39. The zero-order valence-electron chi connectivity index (χ0n) is 9.99. The van der Waals surface area contributed by atoms with Crippen molar-refractivity contribution in [3.05, 3.63) is 17.5 Å². The third-order valence-electron chi connectivity index (χ3n) is 3.27. The van der Waals surface area contributed by atoms with Crippen molar-refractivity contribution in [1.82, 2.24) is 9.97 Å². The Morgan fingerprint density at radius 1 is 1.59 bits per heavy atom. The fourth-order valence-corrected chi connectivity index (χ4v) is 2.62. The summed E-state index contributed by atoms with van der Waals surface area (Å²) in [6.07, 6.45) is 7.08. The number of nitrogens with one attached hydrogen (secondary N) is 1. The molecule has 5 heteroatoms. The molecule has 0 amide bonds. The van der Waals surface area contributed by atoms with Crippen LogP contribution >= 0.6 is 11.6 Å². The van der Waals surface area contributed by atoms with Gasteiger partial charge < -0.3 is 10.4 Å². The zero-order valence-corrected chi connectivity index (χ0v) is 10.7. The maximum absolute atomic E-state index is 10.4. The summed E-state index contributed by atoms with van der Waals surface area (Å²) in [7, 11) is 0. The van der Waals surface area contributed by atoms with E-state index in [2.05, 4.69) is 22.2 Å². The highest BCUT2D eigenvalue weighted by Gasteiger charge is 2.32. The van der Waals surface area contributed by atoms with E-state index in [1.54, 1.807) is 6.20 Å². The van der Waals surface area contributed by atoms with Crippen molar-refractivity contribution in [2.75, 3.05) is 11.9 Å². The van der Waals surface area contributed by atoms with E-state index in [1.807, 2.05) is 0 Å². The molecular weight excluding hydrogens is 238 g/mol. The van der Waals surface area contributed by atoms with Gasteiger partial charge in [-0.25, -0.2) is 4.98 Å². The zero-order chi connectivity index (χ0) is 12.3. The summed E-state index contributed by atoms with van der Waals surface area (Å²) < 4.78 is 0. The predicted octanol–water partition coefficient (Wildman–Crippen LogP) is 2.48. The second-order valence-electron chi connectivity index (χ2n) is 5.01. The molecule has 1 heterocycles. The molecule has 0 radical (unpaired) electrons. The summed E-state index contributed by atoms with van der Waals surface area (Å²) in [5.74, 6) is 1.20. The van der Waals surface area contributed by atoms with Crippen LogP contribution < -0.4 is 5.32 Å². The number of hydrogen-bond acceptors (Lipinski definition) is 4. The summed E-state index contributed by atoms with van der Waals surface area (Å²) in [6, 6.07) is 0. The van der Waals surface area contributed by atoms with Gasteiger partial charge in [0.15, 0.2) is 0 Å². The molecule has 2 N–H and O–H groups in total. The highest BCUT2D eigenvalue weighted by molar-refractivity contribution is 6.29. The van der Waals surface area contributed by atoms with Crippen LogP contribution in [0.15, 0.2) is 12.4 Å². The maximum atomic E-state index is 10.4. The first-order chi connectivity index (χ1) is 8.07. The standard InChI is InChI=1S/C12H18ClN3O/c1-9-3-2-4-12(17,5-9)8-15-11-7-14-6-10(13)16-11/h6-7,9,17H,2-5,8H2,1H3,(H,15,16). The molecule has 0 aliphatic heterocycles. The van der Waals surface area contributed by atoms with Gasteiger partial charge in [-0.05, 0) is 18.8 Å². The fraction of sp³-hybridized carbons (Fsp3) is 0.667. The Morgan fingerprint density at radius 3 is 3.12 bits per heavy atom. The molecule has 4 nitrogen and oxygen atoms in total. The minimum atomic E-state index is -0.623. The van der Waals surface area contributed by atoms with Crippen LogP contribution in [0.25, 0.3) is 0 Å². The van der Waals surface area contributed by atoms with Gasteiger partial charge >= 0.3 is 0 Å². The molecule has 94 valence electrons. The van der Waals surface area contributed by atoms with Gasteiger partial charge in [-0.1, -0.05) is 31.4 Å². The van der Waals surface area contributed by atoms with Crippen molar-refractivity contribution in [1.29, 1.82) is 0 Å². The highest BCUT2D eigenvalue weighted by atomic mass is 35.5. The Balaban J connectivity index is 1.93. The van der Waals surface area contributed by atoms with Gasteiger partial charge in [-0.3, -0.25) is 4.98 Å². The lowest BCUT2D eigenvalue weighted by Crippen LogP contribution is -2.41. The third kappa shape index (κ3) is 3.54. The van der Waals surface area contributed by atoms with Crippen LogP contribution in [0.1, 0.15) is 32.6 Å². The monoisotopic (exact) mass is 255 g/mol.